The quantitative estimate of drug-likeness (QED) is 0.203. The number of nitrogens with one attached hydrogen (secondary N) is 1. The first kappa shape index (κ1) is 25.3. The molecule has 0 aliphatic heterocycles. The highest BCUT2D eigenvalue weighted by atomic mass is 32.1. The van der Waals surface area contributed by atoms with E-state index in [0.717, 1.165) is 19.3 Å². The highest BCUT2D eigenvalue weighted by molar-refractivity contribution is 7.13. The number of aromatic nitrogens is 1. The van der Waals surface area contributed by atoms with Gasteiger partial charge in [0.25, 0.3) is 0 Å². The lowest BCUT2D eigenvalue weighted by Gasteiger charge is -2.01. The number of unbranched alkanes of at least 4 members (excludes halogenated alkanes) is 11. The van der Waals surface area contributed by atoms with E-state index >= 15 is 0 Å². The van der Waals surface area contributed by atoms with Crippen molar-refractivity contribution in [3.63, 3.8) is 0 Å². The summed E-state index contributed by atoms with van der Waals surface area (Å²) in [6.45, 7) is 2.26. The van der Waals surface area contributed by atoms with Gasteiger partial charge in [-0.2, -0.15) is 0 Å². The van der Waals surface area contributed by atoms with Crippen molar-refractivity contribution in [2.45, 2.75) is 103 Å². The van der Waals surface area contributed by atoms with Crippen molar-refractivity contribution < 1.29 is 14.7 Å². The van der Waals surface area contributed by atoms with Crippen molar-refractivity contribution in [2.75, 3.05) is 5.32 Å². The molecule has 0 aromatic carbocycles. The summed E-state index contributed by atoms with van der Waals surface area (Å²) in [7, 11) is 0. The number of hydrogen-bond donors (Lipinski definition) is 2. The van der Waals surface area contributed by atoms with E-state index in [1.54, 1.807) is 5.38 Å². The molecule has 0 saturated heterocycles. The molecule has 0 aliphatic carbocycles. The molecule has 1 aromatic rings. The van der Waals surface area contributed by atoms with Crippen molar-refractivity contribution in [3.8, 4) is 0 Å². The fourth-order valence-corrected chi connectivity index (χ4v) is 3.87. The Kier molecular flexibility index (Phi) is 15.0. The molecular weight excluding hydrogens is 384 g/mol. The third-order valence-electron chi connectivity index (χ3n) is 4.80. The molecule has 0 spiro atoms. The maximum Gasteiger partial charge on any atom is 0.309 e. The first-order chi connectivity index (χ1) is 14.1. The van der Waals surface area contributed by atoms with Crippen molar-refractivity contribution in [2.24, 2.45) is 0 Å². The number of allylic oxidation sites excluding steroid dienone is 2. The van der Waals surface area contributed by atoms with Gasteiger partial charge >= 0.3 is 5.97 Å². The van der Waals surface area contributed by atoms with Gasteiger partial charge in [-0.3, -0.25) is 9.59 Å². The molecule has 1 heterocycles. The molecule has 0 radical (unpaired) electrons. The van der Waals surface area contributed by atoms with Crippen molar-refractivity contribution in [3.05, 3.63) is 23.2 Å². The number of carboxylic acids is 1. The monoisotopic (exact) mass is 422 g/mol. The number of aliphatic carboxylic acids is 1. The van der Waals surface area contributed by atoms with Gasteiger partial charge in [-0.05, 0) is 32.1 Å². The molecule has 0 bridgehead atoms. The van der Waals surface area contributed by atoms with Crippen LogP contribution in [0.1, 0.15) is 103 Å². The largest absolute Gasteiger partial charge is 0.481 e. The topological polar surface area (TPSA) is 79.3 Å². The summed E-state index contributed by atoms with van der Waals surface area (Å²) < 4.78 is 0. The first-order valence-corrected chi connectivity index (χ1v) is 12.1. The van der Waals surface area contributed by atoms with Gasteiger partial charge in [-0.15, -0.1) is 11.3 Å². The lowest BCUT2D eigenvalue weighted by molar-refractivity contribution is -0.136. The van der Waals surface area contributed by atoms with Crippen LogP contribution in [0.4, 0.5) is 5.13 Å². The molecule has 0 aliphatic rings. The molecule has 2 N–H and O–H groups in total. The number of nitrogens with zero attached hydrogens (tertiary/aromatic N) is 1. The summed E-state index contributed by atoms with van der Waals surface area (Å²) in [6, 6.07) is 0. The average molecular weight is 423 g/mol. The zero-order valence-corrected chi connectivity index (χ0v) is 18.8. The molecular formula is C23H38N2O3S. The number of carbonyl (C=O) groups excluding carboxylic acids is 1. The molecule has 1 amide bonds. The van der Waals surface area contributed by atoms with E-state index in [1.807, 2.05) is 0 Å². The van der Waals surface area contributed by atoms with Crippen LogP contribution in [0.3, 0.4) is 0 Å². The third kappa shape index (κ3) is 14.9. The number of carboxylic acid groups (broad SMARTS) is 1. The minimum absolute atomic E-state index is 0.0556. The highest BCUT2D eigenvalue weighted by Gasteiger charge is 2.08. The van der Waals surface area contributed by atoms with Gasteiger partial charge in [-0.1, -0.05) is 70.4 Å². The Morgan fingerprint density at radius 1 is 0.966 bits per heavy atom. The molecule has 0 atom stereocenters. The van der Waals surface area contributed by atoms with Crippen LogP contribution < -0.4 is 5.32 Å². The minimum Gasteiger partial charge on any atom is -0.481 e. The Hall–Kier alpha value is -1.69. The van der Waals surface area contributed by atoms with Crippen molar-refractivity contribution >= 4 is 28.3 Å². The fraction of sp³-hybridized carbons (Fsp3) is 0.696. The third-order valence-corrected chi connectivity index (χ3v) is 5.60. The van der Waals surface area contributed by atoms with E-state index in [2.05, 4.69) is 29.4 Å². The summed E-state index contributed by atoms with van der Waals surface area (Å²) in [4.78, 5) is 26.6. The second-order valence-electron chi connectivity index (χ2n) is 7.60. The summed E-state index contributed by atoms with van der Waals surface area (Å²) in [5.74, 6) is -0.973. The standard InChI is InChI=1S/C23H38N2O3S/c1-2-3-4-5-6-7-8-9-10-11-12-13-14-15-16-17-21(26)25-23-24-20(19-29-23)18-22(27)28/h12-13,19H,2-11,14-18H2,1H3,(H,27,28)(H,24,25,26). The molecule has 29 heavy (non-hydrogen) atoms. The number of amides is 1. The van der Waals surface area contributed by atoms with Gasteiger partial charge < -0.3 is 10.4 Å². The molecule has 1 aromatic heterocycles. The highest BCUT2D eigenvalue weighted by Crippen LogP contribution is 2.16. The number of anilines is 1. The van der Waals surface area contributed by atoms with Gasteiger partial charge in [0, 0.05) is 11.8 Å². The lowest BCUT2D eigenvalue weighted by atomic mass is 10.1. The minimum atomic E-state index is -0.918. The van der Waals surface area contributed by atoms with Gasteiger partial charge in [0.2, 0.25) is 5.91 Å². The van der Waals surface area contributed by atoms with Gasteiger partial charge in [0.15, 0.2) is 5.13 Å². The van der Waals surface area contributed by atoms with E-state index in [-0.39, 0.29) is 12.3 Å². The van der Waals surface area contributed by atoms with Crippen molar-refractivity contribution in [1.29, 1.82) is 0 Å². The molecule has 5 nitrogen and oxygen atoms in total. The Morgan fingerprint density at radius 3 is 2.17 bits per heavy atom. The van der Waals surface area contributed by atoms with Gasteiger partial charge in [0.1, 0.15) is 0 Å². The Bertz CT molecular complexity index is 599. The Balaban J connectivity index is 1.92. The number of thiazole rings is 1. The summed E-state index contributed by atoms with van der Waals surface area (Å²) in [5, 5.41) is 13.6. The second-order valence-corrected chi connectivity index (χ2v) is 8.46. The molecule has 0 fully saturated rings. The van der Waals surface area contributed by atoms with Crippen molar-refractivity contribution in [1.82, 2.24) is 4.98 Å². The zero-order chi connectivity index (χ0) is 21.2. The van der Waals surface area contributed by atoms with Crippen LogP contribution in [-0.2, 0) is 16.0 Å². The van der Waals surface area contributed by atoms with E-state index in [9.17, 15) is 9.59 Å². The molecule has 1 rings (SSSR count). The van der Waals surface area contributed by atoms with E-state index in [4.69, 9.17) is 5.11 Å². The molecule has 0 unspecified atom stereocenters. The van der Waals surface area contributed by atoms with E-state index < -0.39 is 5.97 Å². The second kappa shape index (κ2) is 17.2. The predicted octanol–water partition coefficient (Wildman–Crippen LogP) is 6.75. The average Bonchev–Trinajstić information content (AvgIpc) is 3.10. The Labute approximate surface area is 180 Å². The van der Waals surface area contributed by atoms with Crippen LogP contribution in [0, 0.1) is 0 Å². The SMILES string of the molecule is CCCCCCCCCCCC=CCCCCC(=O)Nc1nc(CC(=O)O)cs1. The predicted molar refractivity (Wildman–Crippen MR) is 122 cm³/mol. The summed E-state index contributed by atoms with van der Waals surface area (Å²) in [6.07, 6.45) is 21.2. The molecule has 164 valence electrons. The van der Waals surface area contributed by atoms with Crippen LogP contribution in [0.5, 0.6) is 0 Å². The van der Waals surface area contributed by atoms with Crippen LogP contribution in [-0.4, -0.2) is 22.0 Å². The van der Waals surface area contributed by atoms with Crippen LogP contribution in [0.25, 0.3) is 0 Å². The van der Waals surface area contributed by atoms with Crippen LogP contribution >= 0.6 is 11.3 Å². The van der Waals surface area contributed by atoms with Gasteiger partial charge in [-0.25, -0.2) is 4.98 Å². The number of carbonyl (C=O) groups is 2. The smallest absolute Gasteiger partial charge is 0.309 e. The first-order valence-electron chi connectivity index (χ1n) is 11.2. The van der Waals surface area contributed by atoms with Crippen LogP contribution in [0.15, 0.2) is 17.5 Å². The molecule has 0 saturated carbocycles. The van der Waals surface area contributed by atoms with Crippen LogP contribution in [0.2, 0.25) is 0 Å². The van der Waals surface area contributed by atoms with E-state index in [0.29, 0.717) is 17.2 Å². The maximum atomic E-state index is 11.9. The molecule has 6 heteroatoms. The fourth-order valence-electron chi connectivity index (χ4n) is 3.14. The lowest BCUT2D eigenvalue weighted by Crippen LogP contribution is -2.11. The number of rotatable bonds is 18. The van der Waals surface area contributed by atoms with Gasteiger partial charge in [0.05, 0.1) is 12.1 Å². The summed E-state index contributed by atoms with van der Waals surface area (Å²) >= 11 is 1.27. The summed E-state index contributed by atoms with van der Waals surface area (Å²) in [5.41, 5.74) is 0.481. The maximum absolute atomic E-state index is 11.9. The normalized spacial score (nSPS) is 11.2. The number of hydrogen-bond acceptors (Lipinski definition) is 4. The van der Waals surface area contributed by atoms with E-state index in [1.165, 1.54) is 75.5 Å². The zero-order valence-electron chi connectivity index (χ0n) is 18.0. The Morgan fingerprint density at radius 2 is 1.55 bits per heavy atom.